The van der Waals surface area contributed by atoms with E-state index >= 15 is 0 Å². The molecule has 256 valence electrons. The summed E-state index contributed by atoms with van der Waals surface area (Å²) in [5.74, 6) is -0.185. The molecule has 8 nitrogen and oxygen atoms in total. The van der Waals surface area contributed by atoms with Gasteiger partial charge in [-0.1, -0.05) is 105 Å². The summed E-state index contributed by atoms with van der Waals surface area (Å²) in [7, 11) is -1.30. The van der Waals surface area contributed by atoms with Crippen LogP contribution < -0.4 is 16.1 Å². The first-order chi connectivity index (χ1) is 23.0. The van der Waals surface area contributed by atoms with E-state index in [1.165, 1.54) is 4.90 Å². The average Bonchev–Trinajstić information content (AvgIpc) is 3.63. The Kier molecular flexibility index (Phi) is 12.9. The number of benzene rings is 3. The summed E-state index contributed by atoms with van der Waals surface area (Å²) in [6, 6.07) is 33.0. The molecule has 1 unspecified atom stereocenters. The molecule has 0 aliphatic carbocycles. The molecule has 2 N–H and O–H groups in total. The Hall–Kier alpha value is -4.02. The summed E-state index contributed by atoms with van der Waals surface area (Å²) in [5.41, 5.74) is 7.80. The van der Waals surface area contributed by atoms with Gasteiger partial charge in [-0.3, -0.25) is 4.79 Å². The molecule has 0 saturated heterocycles. The largest absolute Gasteiger partial charge is 0.469 e. The van der Waals surface area contributed by atoms with Crippen LogP contribution in [0.2, 0.25) is 0 Å². The molecule has 4 atom stereocenters. The molecule has 0 radical (unpaired) electrons. The minimum Gasteiger partial charge on any atom is -0.469 e. The van der Waals surface area contributed by atoms with E-state index in [4.69, 9.17) is 24.1 Å². The van der Waals surface area contributed by atoms with Gasteiger partial charge in [0.15, 0.2) is 5.78 Å². The van der Waals surface area contributed by atoms with Gasteiger partial charge in [0.2, 0.25) is 0 Å². The van der Waals surface area contributed by atoms with E-state index in [-0.39, 0.29) is 24.2 Å². The quantitative estimate of drug-likeness (QED) is 0.110. The number of furan rings is 1. The first-order valence-corrected chi connectivity index (χ1v) is 18.5. The topological polar surface area (TPSA) is 104 Å². The zero-order valence-electron chi connectivity index (χ0n) is 29.0. The van der Waals surface area contributed by atoms with Crippen molar-refractivity contribution >= 4 is 30.6 Å². The maximum atomic E-state index is 13.8. The van der Waals surface area contributed by atoms with Crippen molar-refractivity contribution in [3.05, 3.63) is 121 Å². The molecule has 0 spiro atoms. The van der Waals surface area contributed by atoms with E-state index in [0.29, 0.717) is 25.6 Å². The number of likely N-dealkylation sites (N-methyl/N-ethyl adjacent to an activating group) is 1. The number of carbonyl (C=O) groups excluding carboxylic acids is 2. The predicted molar refractivity (Wildman–Crippen MR) is 192 cm³/mol. The molecule has 0 saturated carbocycles. The van der Waals surface area contributed by atoms with Gasteiger partial charge in [0, 0.05) is 30.7 Å². The SMILES string of the molecule is CC(C(=O)[C@@H](C)N(C)C(=O)OCc1ccccc1)[C@@H](c1ccco1)[C@H](C)COCCO[Si](c1ccccc1)(c1ccccc1)C(C)(C)N. The van der Waals surface area contributed by atoms with Crippen molar-refractivity contribution in [2.24, 2.45) is 17.6 Å². The van der Waals surface area contributed by atoms with Crippen LogP contribution in [0.4, 0.5) is 4.79 Å². The van der Waals surface area contributed by atoms with Crippen molar-refractivity contribution in [2.45, 2.75) is 58.3 Å². The number of hydrogen-bond acceptors (Lipinski definition) is 7. The van der Waals surface area contributed by atoms with Crippen molar-refractivity contribution in [3.63, 3.8) is 0 Å². The lowest BCUT2D eigenvalue weighted by Crippen LogP contribution is -2.76. The number of amides is 1. The van der Waals surface area contributed by atoms with E-state index in [2.05, 4.69) is 31.2 Å². The van der Waals surface area contributed by atoms with Gasteiger partial charge in [-0.25, -0.2) is 4.79 Å². The van der Waals surface area contributed by atoms with E-state index in [1.807, 2.05) is 99.6 Å². The molecule has 9 heteroatoms. The lowest BCUT2D eigenvalue weighted by Gasteiger charge is -2.42. The number of carbonyl (C=O) groups is 2. The van der Waals surface area contributed by atoms with Crippen LogP contribution in [0.15, 0.2) is 114 Å². The van der Waals surface area contributed by atoms with Crippen LogP contribution in [0.1, 0.15) is 51.9 Å². The number of ether oxygens (including phenoxy) is 2. The van der Waals surface area contributed by atoms with Crippen LogP contribution in [0.3, 0.4) is 0 Å². The fourth-order valence-corrected chi connectivity index (χ4v) is 10.7. The van der Waals surface area contributed by atoms with Crippen LogP contribution in [0, 0.1) is 11.8 Å². The Labute approximate surface area is 286 Å². The summed E-state index contributed by atoms with van der Waals surface area (Å²) >= 11 is 0. The van der Waals surface area contributed by atoms with Crippen molar-refractivity contribution in [1.29, 1.82) is 0 Å². The molecule has 0 fully saturated rings. The molecule has 0 aliphatic heterocycles. The lowest BCUT2D eigenvalue weighted by atomic mass is 9.78. The molecule has 0 aliphatic rings. The third-order valence-corrected chi connectivity index (χ3v) is 13.9. The standard InChI is InChI=1S/C39H50N2O6Si/c1-29(27-44-25-26-47-48(39(4,5)40,33-19-12-8-13-20-33)34-21-14-9-15-22-34)36(35-23-16-24-45-35)30(2)37(42)31(3)41(6)38(43)46-28-32-17-10-7-11-18-32/h7-24,29-31,36H,25-28,40H2,1-6H3/t29-,30?,31-,36+/m1/s1. The van der Waals surface area contributed by atoms with Crippen molar-refractivity contribution in [2.75, 3.05) is 26.9 Å². The number of hydrogen-bond donors (Lipinski definition) is 1. The second-order valence-corrected chi connectivity index (χ2v) is 17.2. The fraction of sp³-hybridized carbons (Fsp3) is 0.385. The van der Waals surface area contributed by atoms with Gasteiger partial charge in [0.25, 0.3) is 8.32 Å². The van der Waals surface area contributed by atoms with Gasteiger partial charge in [-0.2, -0.15) is 0 Å². The monoisotopic (exact) mass is 670 g/mol. The van der Waals surface area contributed by atoms with Crippen molar-refractivity contribution < 1.29 is 27.9 Å². The summed E-state index contributed by atoms with van der Waals surface area (Å²) in [6.45, 7) is 11.0. The molecule has 0 bridgehead atoms. The van der Waals surface area contributed by atoms with Gasteiger partial charge >= 0.3 is 6.09 Å². The maximum Gasteiger partial charge on any atom is 0.410 e. The highest BCUT2D eigenvalue weighted by atomic mass is 28.4. The van der Waals surface area contributed by atoms with Crippen molar-refractivity contribution in [1.82, 2.24) is 4.90 Å². The highest BCUT2D eigenvalue weighted by Crippen LogP contribution is 2.34. The fourth-order valence-electron chi connectivity index (χ4n) is 6.46. The summed E-state index contributed by atoms with van der Waals surface area (Å²) in [5, 5.41) is 1.58. The highest BCUT2D eigenvalue weighted by Gasteiger charge is 2.50. The van der Waals surface area contributed by atoms with E-state index in [1.54, 1.807) is 20.2 Å². The van der Waals surface area contributed by atoms with Crippen LogP contribution >= 0.6 is 0 Å². The molecular weight excluding hydrogens is 621 g/mol. The normalized spacial score (nSPS) is 14.5. The smallest absolute Gasteiger partial charge is 0.410 e. The molecule has 4 aromatic rings. The zero-order valence-corrected chi connectivity index (χ0v) is 30.0. The number of rotatable bonds is 17. The summed E-state index contributed by atoms with van der Waals surface area (Å²) in [6.07, 6.45) is 1.06. The Morgan fingerprint density at radius 2 is 1.40 bits per heavy atom. The average molecular weight is 671 g/mol. The van der Waals surface area contributed by atoms with E-state index in [0.717, 1.165) is 15.9 Å². The number of ketones is 1. The molecule has 3 aromatic carbocycles. The third kappa shape index (κ3) is 8.71. The molecule has 1 aromatic heterocycles. The molecule has 1 amide bonds. The Morgan fingerprint density at radius 1 is 0.833 bits per heavy atom. The number of nitrogens with two attached hydrogens (primary N) is 1. The molecule has 4 rings (SSSR count). The first-order valence-electron chi connectivity index (χ1n) is 16.6. The lowest BCUT2D eigenvalue weighted by molar-refractivity contribution is -0.128. The Balaban J connectivity index is 1.40. The Bertz CT molecular complexity index is 1500. The maximum absolute atomic E-state index is 13.8. The van der Waals surface area contributed by atoms with Crippen LogP contribution in [0.5, 0.6) is 0 Å². The van der Waals surface area contributed by atoms with E-state index in [9.17, 15) is 9.59 Å². The van der Waals surface area contributed by atoms with Crippen LogP contribution in [0.25, 0.3) is 0 Å². The number of Topliss-reactive ketones (excluding diaryl/α,β-unsaturated/α-hetero) is 1. The summed E-state index contributed by atoms with van der Waals surface area (Å²) < 4.78 is 24.4. The minimum atomic E-state index is -2.89. The summed E-state index contributed by atoms with van der Waals surface area (Å²) in [4.78, 5) is 28.0. The van der Waals surface area contributed by atoms with Gasteiger partial charge in [0.05, 0.1) is 25.5 Å². The second kappa shape index (κ2) is 16.9. The van der Waals surface area contributed by atoms with Gasteiger partial charge in [0.1, 0.15) is 12.4 Å². The second-order valence-electron chi connectivity index (χ2n) is 13.1. The van der Waals surface area contributed by atoms with Crippen LogP contribution in [-0.2, 0) is 25.3 Å². The molecule has 48 heavy (non-hydrogen) atoms. The van der Waals surface area contributed by atoms with Gasteiger partial charge < -0.3 is 29.0 Å². The van der Waals surface area contributed by atoms with Gasteiger partial charge in [-0.15, -0.1) is 0 Å². The highest BCUT2D eigenvalue weighted by molar-refractivity contribution is 6.99. The third-order valence-electron chi connectivity index (χ3n) is 9.15. The molecular formula is C39H50N2O6Si. The Morgan fingerprint density at radius 3 is 1.92 bits per heavy atom. The van der Waals surface area contributed by atoms with E-state index < -0.39 is 31.5 Å². The first kappa shape index (κ1) is 36.8. The predicted octanol–water partition coefficient (Wildman–Crippen LogP) is 5.93. The minimum absolute atomic E-state index is 0.0752. The molecule has 1 heterocycles. The van der Waals surface area contributed by atoms with Gasteiger partial charge in [-0.05, 0) is 54.8 Å². The zero-order chi connectivity index (χ0) is 34.7. The van der Waals surface area contributed by atoms with Crippen molar-refractivity contribution in [3.8, 4) is 0 Å². The van der Waals surface area contributed by atoms with Crippen LogP contribution in [-0.4, -0.2) is 63.2 Å². The number of nitrogens with zero attached hydrogens (tertiary/aromatic N) is 1.